The lowest BCUT2D eigenvalue weighted by Gasteiger charge is -2.07. The molecule has 0 saturated heterocycles. The fourth-order valence-electron chi connectivity index (χ4n) is 3.25. The van der Waals surface area contributed by atoms with Gasteiger partial charge < -0.3 is 14.3 Å². The number of fused-ring (bicyclic) bond motifs is 1. The Hall–Kier alpha value is -3.32. The third kappa shape index (κ3) is 3.45. The number of benzene rings is 2. The number of nitrogens with zero attached hydrogens (tertiary/aromatic N) is 2. The van der Waals surface area contributed by atoms with Crippen LogP contribution in [0.15, 0.2) is 56.2 Å². The number of nitrogens with one attached hydrogen (secondary N) is 1. The van der Waals surface area contributed by atoms with Gasteiger partial charge in [0.2, 0.25) is 0 Å². The van der Waals surface area contributed by atoms with Crippen LogP contribution in [0.1, 0.15) is 29.5 Å². The molecule has 0 unspecified atom stereocenters. The fraction of sp³-hybridized carbons (Fsp3) is 0.190. The summed E-state index contributed by atoms with van der Waals surface area (Å²) in [6.07, 6.45) is 0.810. The van der Waals surface area contributed by atoms with Gasteiger partial charge in [-0.1, -0.05) is 41.9 Å². The van der Waals surface area contributed by atoms with Crippen LogP contribution >= 0.6 is 11.6 Å². The van der Waals surface area contributed by atoms with Crippen LogP contribution in [-0.4, -0.2) is 15.6 Å². The highest BCUT2D eigenvalue weighted by atomic mass is 35.5. The van der Waals surface area contributed by atoms with E-state index in [1.54, 1.807) is 47.9 Å². The van der Waals surface area contributed by atoms with E-state index in [9.17, 15) is 9.59 Å². The van der Waals surface area contributed by atoms with Crippen molar-refractivity contribution in [3.05, 3.63) is 69.4 Å². The summed E-state index contributed by atoms with van der Waals surface area (Å²) in [5.41, 5.74) is 2.86. The summed E-state index contributed by atoms with van der Waals surface area (Å²) in [7, 11) is 0. The summed E-state index contributed by atoms with van der Waals surface area (Å²) in [5, 5.41) is 7.29. The molecule has 8 heteroatoms. The van der Waals surface area contributed by atoms with Crippen molar-refractivity contribution in [1.82, 2.24) is 9.72 Å². The fourth-order valence-corrected chi connectivity index (χ4v) is 3.47. The first-order chi connectivity index (χ1) is 14.0. The molecule has 2 aromatic heterocycles. The Morgan fingerprint density at radius 1 is 1.24 bits per heavy atom. The molecule has 0 spiro atoms. The molecule has 0 aliphatic heterocycles. The van der Waals surface area contributed by atoms with Crippen LogP contribution in [0.4, 0.5) is 5.69 Å². The zero-order valence-electron chi connectivity index (χ0n) is 15.9. The van der Waals surface area contributed by atoms with Crippen LogP contribution in [-0.2, 0) is 6.54 Å². The highest BCUT2D eigenvalue weighted by molar-refractivity contribution is 6.33. The van der Waals surface area contributed by atoms with E-state index in [4.69, 9.17) is 20.5 Å². The number of aryl methyl sites for hydroxylation is 2. The van der Waals surface area contributed by atoms with E-state index < -0.39 is 11.7 Å². The number of hydrogen-bond acceptors (Lipinski definition) is 5. The Balaban J connectivity index is 1.68. The van der Waals surface area contributed by atoms with E-state index in [1.807, 2.05) is 13.0 Å². The lowest BCUT2D eigenvalue weighted by molar-refractivity contribution is 0.102. The smallest absolute Gasteiger partial charge is 0.408 e. The standard InChI is InChI=1S/C21H18ClN3O4/c1-3-10-25-16-9-8-13(11-17(16)28-21(25)27)23-20(26)18-12(2)29-24-19(18)14-6-4-5-7-15(14)22/h4-9,11H,3,10H2,1-2H3,(H,23,26). The molecule has 0 radical (unpaired) electrons. The second kappa shape index (κ2) is 7.60. The van der Waals surface area contributed by atoms with Gasteiger partial charge in [0.05, 0.1) is 10.5 Å². The Morgan fingerprint density at radius 2 is 2.03 bits per heavy atom. The van der Waals surface area contributed by atoms with Crippen molar-refractivity contribution >= 4 is 34.3 Å². The number of halogens is 1. The molecule has 0 fully saturated rings. The molecule has 0 atom stereocenters. The molecule has 2 heterocycles. The Morgan fingerprint density at radius 3 is 2.79 bits per heavy atom. The van der Waals surface area contributed by atoms with Crippen molar-refractivity contribution in [3.63, 3.8) is 0 Å². The van der Waals surface area contributed by atoms with Gasteiger partial charge in [-0.05, 0) is 31.5 Å². The lowest BCUT2D eigenvalue weighted by Crippen LogP contribution is -2.14. The van der Waals surface area contributed by atoms with Gasteiger partial charge in [-0.3, -0.25) is 9.36 Å². The molecule has 4 aromatic rings. The third-order valence-electron chi connectivity index (χ3n) is 4.59. The number of anilines is 1. The number of oxazole rings is 1. The van der Waals surface area contributed by atoms with Gasteiger partial charge in [-0.25, -0.2) is 4.79 Å². The second-order valence-corrected chi connectivity index (χ2v) is 7.01. The van der Waals surface area contributed by atoms with E-state index in [2.05, 4.69) is 10.5 Å². The van der Waals surface area contributed by atoms with Crippen LogP contribution < -0.4 is 11.1 Å². The minimum absolute atomic E-state index is 0.295. The summed E-state index contributed by atoms with van der Waals surface area (Å²) in [4.78, 5) is 25.0. The number of aromatic nitrogens is 2. The molecular weight excluding hydrogens is 394 g/mol. The maximum absolute atomic E-state index is 13.0. The maximum atomic E-state index is 13.0. The highest BCUT2D eigenvalue weighted by Gasteiger charge is 2.23. The first-order valence-corrected chi connectivity index (χ1v) is 9.53. The van der Waals surface area contributed by atoms with Crippen molar-refractivity contribution in [2.24, 2.45) is 0 Å². The van der Waals surface area contributed by atoms with E-state index in [1.165, 1.54) is 0 Å². The molecule has 1 amide bonds. The van der Waals surface area contributed by atoms with Gasteiger partial charge in [-0.15, -0.1) is 0 Å². The largest absolute Gasteiger partial charge is 0.419 e. The number of carbonyl (C=O) groups is 1. The van der Waals surface area contributed by atoms with E-state index in [0.29, 0.717) is 50.9 Å². The highest BCUT2D eigenvalue weighted by Crippen LogP contribution is 2.31. The van der Waals surface area contributed by atoms with Gasteiger partial charge in [0.1, 0.15) is 17.0 Å². The van der Waals surface area contributed by atoms with Crippen molar-refractivity contribution in [3.8, 4) is 11.3 Å². The third-order valence-corrected chi connectivity index (χ3v) is 4.92. The van der Waals surface area contributed by atoms with E-state index in [-0.39, 0.29) is 0 Å². The predicted octanol–water partition coefficient (Wildman–Crippen LogP) is 4.87. The summed E-state index contributed by atoms with van der Waals surface area (Å²) in [6.45, 7) is 4.21. The van der Waals surface area contributed by atoms with Crippen LogP contribution in [0, 0.1) is 6.92 Å². The summed E-state index contributed by atoms with van der Waals surface area (Å²) in [5.74, 6) is -0.436. The molecule has 1 N–H and O–H groups in total. The number of rotatable bonds is 5. The van der Waals surface area contributed by atoms with Gasteiger partial charge in [0.15, 0.2) is 5.58 Å². The zero-order valence-corrected chi connectivity index (χ0v) is 16.6. The average Bonchev–Trinajstić information content (AvgIpc) is 3.22. The Kier molecular flexibility index (Phi) is 4.98. The zero-order chi connectivity index (χ0) is 20.5. The van der Waals surface area contributed by atoms with Gasteiger partial charge in [0.25, 0.3) is 5.91 Å². The van der Waals surface area contributed by atoms with Crippen LogP contribution in [0.3, 0.4) is 0 Å². The van der Waals surface area contributed by atoms with Crippen molar-refractivity contribution < 1.29 is 13.7 Å². The minimum Gasteiger partial charge on any atom is -0.408 e. The number of hydrogen-bond donors (Lipinski definition) is 1. The van der Waals surface area contributed by atoms with E-state index in [0.717, 1.165) is 6.42 Å². The molecule has 4 rings (SSSR count). The van der Waals surface area contributed by atoms with Crippen molar-refractivity contribution in [2.45, 2.75) is 26.8 Å². The number of carbonyl (C=O) groups excluding carboxylic acids is 1. The summed E-state index contributed by atoms with van der Waals surface area (Å²) >= 11 is 6.26. The molecule has 7 nitrogen and oxygen atoms in total. The van der Waals surface area contributed by atoms with Crippen molar-refractivity contribution in [2.75, 3.05) is 5.32 Å². The predicted molar refractivity (Wildman–Crippen MR) is 110 cm³/mol. The monoisotopic (exact) mass is 411 g/mol. The van der Waals surface area contributed by atoms with Crippen molar-refractivity contribution in [1.29, 1.82) is 0 Å². The Bertz CT molecular complexity index is 1270. The molecular formula is C21H18ClN3O4. The lowest BCUT2D eigenvalue weighted by atomic mass is 10.1. The molecule has 2 aromatic carbocycles. The first-order valence-electron chi connectivity index (χ1n) is 9.15. The van der Waals surface area contributed by atoms with Gasteiger partial charge in [0, 0.05) is 23.9 Å². The van der Waals surface area contributed by atoms with Crippen LogP contribution in [0.5, 0.6) is 0 Å². The molecule has 29 heavy (non-hydrogen) atoms. The van der Waals surface area contributed by atoms with E-state index >= 15 is 0 Å². The molecule has 0 saturated carbocycles. The quantitative estimate of drug-likeness (QED) is 0.505. The number of amides is 1. The maximum Gasteiger partial charge on any atom is 0.419 e. The SMILES string of the molecule is CCCn1c(=O)oc2cc(NC(=O)c3c(-c4ccccc4Cl)noc3C)ccc21. The Labute approximate surface area is 170 Å². The summed E-state index contributed by atoms with van der Waals surface area (Å²) in [6, 6.07) is 12.2. The molecule has 0 bridgehead atoms. The normalized spacial score (nSPS) is 11.1. The van der Waals surface area contributed by atoms with Gasteiger partial charge >= 0.3 is 5.76 Å². The topological polar surface area (TPSA) is 90.3 Å². The van der Waals surface area contributed by atoms with Crippen LogP contribution in [0.25, 0.3) is 22.4 Å². The molecule has 148 valence electrons. The second-order valence-electron chi connectivity index (χ2n) is 6.60. The minimum atomic E-state index is -0.416. The first kappa shape index (κ1) is 19.0. The van der Waals surface area contributed by atoms with Crippen LogP contribution in [0.2, 0.25) is 5.02 Å². The summed E-state index contributed by atoms with van der Waals surface area (Å²) < 4.78 is 12.1. The average molecular weight is 412 g/mol. The molecule has 0 aliphatic carbocycles. The molecule has 0 aliphatic rings. The van der Waals surface area contributed by atoms with Gasteiger partial charge in [-0.2, -0.15) is 0 Å².